The van der Waals surface area contributed by atoms with Crippen LogP contribution in [0.2, 0.25) is 0 Å². The van der Waals surface area contributed by atoms with Crippen molar-refractivity contribution in [3.8, 4) is 0 Å². The Hall–Kier alpha value is -2.39. The van der Waals surface area contributed by atoms with Crippen LogP contribution in [-0.2, 0) is 0 Å². The molecular weight excluding hydrogens is 356 g/mol. The van der Waals surface area contributed by atoms with Crippen molar-refractivity contribution in [3.05, 3.63) is 77.4 Å². The molecule has 3 nitrogen and oxygen atoms in total. The molecule has 0 bridgehead atoms. The summed E-state index contributed by atoms with van der Waals surface area (Å²) in [5.74, 6) is 1.01. The minimum Gasteiger partial charge on any atom is -0.366 e. The van der Waals surface area contributed by atoms with Crippen LogP contribution >= 0.6 is 0 Å². The van der Waals surface area contributed by atoms with Crippen molar-refractivity contribution in [3.63, 3.8) is 0 Å². The Morgan fingerprint density at radius 3 is 2.45 bits per heavy atom. The molecule has 152 valence electrons. The number of primary amides is 1. The molecule has 0 saturated heterocycles. The zero-order valence-electron chi connectivity index (χ0n) is 17.2. The van der Waals surface area contributed by atoms with E-state index in [1.807, 2.05) is 12.1 Å². The first-order chi connectivity index (χ1) is 14.2. The Kier molecular flexibility index (Phi) is 6.46. The molecule has 1 aliphatic carbocycles. The molecule has 3 heteroatoms. The van der Waals surface area contributed by atoms with Gasteiger partial charge in [0.25, 0.3) is 0 Å². The van der Waals surface area contributed by atoms with E-state index in [-0.39, 0.29) is 5.91 Å². The van der Waals surface area contributed by atoms with Crippen LogP contribution in [0.25, 0.3) is 5.57 Å². The van der Waals surface area contributed by atoms with E-state index in [4.69, 9.17) is 5.73 Å². The summed E-state index contributed by atoms with van der Waals surface area (Å²) in [6, 6.07) is 18.8. The average Bonchev–Trinajstić information content (AvgIpc) is 2.79. The van der Waals surface area contributed by atoms with Crippen LogP contribution in [0, 0.1) is 5.92 Å². The second-order valence-electron chi connectivity index (χ2n) is 8.57. The fraction of sp³-hybridized carbons (Fsp3) is 0.423. The molecule has 1 aliphatic heterocycles. The molecule has 0 radical (unpaired) electrons. The van der Waals surface area contributed by atoms with Crippen molar-refractivity contribution in [2.75, 3.05) is 19.6 Å². The number of nitrogens with zero attached hydrogens (tertiary/aromatic N) is 1. The van der Waals surface area contributed by atoms with Crippen molar-refractivity contribution in [1.82, 2.24) is 4.90 Å². The number of rotatable bonds is 6. The molecule has 2 unspecified atom stereocenters. The van der Waals surface area contributed by atoms with Crippen molar-refractivity contribution in [1.29, 1.82) is 0 Å². The molecule has 29 heavy (non-hydrogen) atoms. The lowest BCUT2D eigenvalue weighted by atomic mass is 9.74. The Balaban J connectivity index is 1.34. The minimum absolute atomic E-state index is 0.343. The lowest BCUT2D eigenvalue weighted by molar-refractivity contribution is 0.1000. The summed E-state index contributed by atoms with van der Waals surface area (Å²) in [5.41, 5.74) is 10.3. The maximum Gasteiger partial charge on any atom is 0.248 e. The molecule has 2 N–H and O–H groups in total. The fourth-order valence-electron chi connectivity index (χ4n) is 5.06. The van der Waals surface area contributed by atoms with Gasteiger partial charge in [0.05, 0.1) is 0 Å². The summed E-state index contributed by atoms with van der Waals surface area (Å²) in [6.07, 6.45) is 10.1. The van der Waals surface area contributed by atoms with Gasteiger partial charge in [0, 0.05) is 18.7 Å². The van der Waals surface area contributed by atoms with Gasteiger partial charge in [-0.1, -0.05) is 61.4 Å². The smallest absolute Gasteiger partial charge is 0.248 e. The molecule has 0 spiro atoms. The first-order valence-corrected chi connectivity index (χ1v) is 11.1. The Bertz CT molecular complexity index is 841. The number of carbonyl (C=O) groups excluding carboxylic acids is 1. The van der Waals surface area contributed by atoms with Gasteiger partial charge >= 0.3 is 0 Å². The normalized spacial score (nSPS) is 22.8. The number of hydrogen-bond acceptors (Lipinski definition) is 2. The number of carbonyl (C=O) groups is 1. The predicted octanol–water partition coefficient (Wildman–Crippen LogP) is 5.24. The molecule has 2 aromatic rings. The van der Waals surface area contributed by atoms with Crippen molar-refractivity contribution in [2.45, 2.75) is 44.4 Å². The summed E-state index contributed by atoms with van der Waals surface area (Å²) >= 11 is 0. The van der Waals surface area contributed by atoms with Gasteiger partial charge in [0.15, 0.2) is 0 Å². The van der Waals surface area contributed by atoms with Crippen molar-refractivity contribution in [2.24, 2.45) is 11.7 Å². The second-order valence-corrected chi connectivity index (χ2v) is 8.57. The molecule has 2 aromatic carbocycles. The lowest BCUT2D eigenvalue weighted by Gasteiger charge is -2.34. The van der Waals surface area contributed by atoms with Gasteiger partial charge < -0.3 is 5.73 Å². The van der Waals surface area contributed by atoms with E-state index >= 15 is 0 Å². The highest BCUT2D eigenvalue weighted by molar-refractivity contribution is 5.92. The molecule has 2 aliphatic rings. The summed E-state index contributed by atoms with van der Waals surface area (Å²) in [5, 5.41) is 0. The Labute approximate surface area is 174 Å². The van der Waals surface area contributed by atoms with Crippen LogP contribution in [0.4, 0.5) is 0 Å². The third-order valence-corrected chi connectivity index (χ3v) is 6.79. The second kappa shape index (κ2) is 9.41. The number of nitrogens with two attached hydrogens (primary N) is 1. The molecule has 0 aromatic heterocycles. The molecule has 1 heterocycles. The summed E-state index contributed by atoms with van der Waals surface area (Å²) in [7, 11) is 0. The third-order valence-electron chi connectivity index (χ3n) is 6.79. The number of amides is 1. The van der Waals surface area contributed by atoms with Gasteiger partial charge in [-0.2, -0.15) is 0 Å². The van der Waals surface area contributed by atoms with Gasteiger partial charge in [-0.3, -0.25) is 9.69 Å². The molecule has 1 amide bonds. The molecular formula is C26H32N2O. The van der Waals surface area contributed by atoms with Gasteiger partial charge in [-0.15, -0.1) is 0 Å². The van der Waals surface area contributed by atoms with Crippen LogP contribution in [0.1, 0.15) is 65.9 Å². The van der Waals surface area contributed by atoms with E-state index in [9.17, 15) is 4.79 Å². The predicted molar refractivity (Wildman–Crippen MR) is 120 cm³/mol. The minimum atomic E-state index is -0.343. The maximum absolute atomic E-state index is 11.4. The monoisotopic (exact) mass is 388 g/mol. The van der Waals surface area contributed by atoms with E-state index < -0.39 is 0 Å². The van der Waals surface area contributed by atoms with E-state index in [2.05, 4.69) is 53.4 Å². The molecule has 1 fully saturated rings. The first kappa shape index (κ1) is 19.9. The Morgan fingerprint density at radius 1 is 1.00 bits per heavy atom. The Morgan fingerprint density at radius 2 is 1.76 bits per heavy atom. The molecule has 1 saturated carbocycles. The lowest BCUT2D eigenvalue weighted by Crippen LogP contribution is -2.32. The van der Waals surface area contributed by atoms with Gasteiger partial charge in [0.1, 0.15) is 0 Å². The topological polar surface area (TPSA) is 46.3 Å². The van der Waals surface area contributed by atoms with E-state index in [0.717, 1.165) is 25.4 Å². The summed E-state index contributed by atoms with van der Waals surface area (Å²) in [4.78, 5) is 14.0. The zero-order chi connectivity index (χ0) is 20.1. The molecule has 4 rings (SSSR count). The van der Waals surface area contributed by atoms with Crippen molar-refractivity contribution < 1.29 is 4.79 Å². The quantitative estimate of drug-likeness (QED) is 0.736. The summed E-state index contributed by atoms with van der Waals surface area (Å²) in [6.45, 7) is 3.40. The van der Waals surface area contributed by atoms with Crippen LogP contribution in [0.15, 0.2) is 60.7 Å². The fourth-order valence-corrected chi connectivity index (χ4v) is 5.06. The zero-order valence-corrected chi connectivity index (χ0v) is 17.2. The number of benzene rings is 2. The first-order valence-electron chi connectivity index (χ1n) is 11.1. The SMILES string of the molecule is NC(=O)c1ccc(C2CCCCC2CCN2CC=C(c3ccccc3)CC2)cc1. The highest BCUT2D eigenvalue weighted by Gasteiger charge is 2.27. The highest BCUT2D eigenvalue weighted by Crippen LogP contribution is 2.40. The summed E-state index contributed by atoms with van der Waals surface area (Å²) < 4.78 is 0. The van der Waals surface area contributed by atoms with Crippen LogP contribution in [-0.4, -0.2) is 30.4 Å². The standard InChI is InChI=1S/C26H32N2O/c27-26(29)24-12-10-23(11-13-24)25-9-5-4-8-22(25)16-19-28-17-14-21(15-18-28)20-6-2-1-3-7-20/h1-3,6-7,10-14,22,25H,4-5,8-9,15-19H2,(H2,27,29). The van der Waals surface area contributed by atoms with Gasteiger partial charge in [-0.25, -0.2) is 0 Å². The third kappa shape index (κ3) is 4.97. The highest BCUT2D eigenvalue weighted by atomic mass is 16.1. The van der Waals surface area contributed by atoms with Crippen molar-refractivity contribution >= 4 is 11.5 Å². The largest absolute Gasteiger partial charge is 0.366 e. The van der Waals surface area contributed by atoms with Crippen LogP contribution < -0.4 is 5.73 Å². The maximum atomic E-state index is 11.4. The van der Waals surface area contributed by atoms with Gasteiger partial charge in [-0.05, 0) is 72.9 Å². The van der Waals surface area contributed by atoms with Crippen LogP contribution in [0.5, 0.6) is 0 Å². The van der Waals surface area contributed by atoms with E-state index in [1.54, 1.807) is 0 Å². The number of hydrogen-bond donors (Lipinski definition) is 1. The van der Waals surface area contributed by atoms with E-state index in [0.29, 0.717) is 11.5 Å². The van der Waals surface area contributed by atoms with E-state index in [1.165, 1.54) is 55.3 Å². The average molecular weight is 389 g/mol. The molecule has 2 atom stereocenters. The van der Waals surface area contributed by atoms with Crippen LogP contribution in [0.3, 0.4) is 0 Å². The van der Waals surface area contributed by atoms with Gasteiger partial charge in [0.2, 0.25) is 5.91 Å².